The molecule has 1 fully saturated rings. The van der Waals surface area contributed by atoms with E-state index in [-0.39, 0.29) is 107 Å². The zero-order chi connectivity index (χ0) is 52.1. The van der Waals surface area contributed by atoms with Gasteiger partial charge in [-0.2, -0.15) is 0 Å². The summed E-state index contributed by atoms with van der Waals surface area (Å²) in [4.78, 5) is 95.7. The Morgan fingerprint density at radius 3 is 2.04 bits per heavy atom. The van der Waals surface area contributed by atoms with Gasteiger partial charge in [0.1, 0.15) is 17.6 Å². The first-order chi connectivity index (χ1) is 33.2. The van der Waals surface area contributed by atoms with Crippen LogP contribution in [0.4, 0.5) is 0 Å². The molecule has 1 saturated heterocycles. The van der Waals surface area contributed by atoms with Gasteiger partial charge in [-0.15, -0.1) is 0 Å². The molecule has 2 heterocycles. The van der Waals surface area contributed by atoms with Crippen LogP contribution in [0.3, 0.4) is 0 Å². The number of nitrogens with zero attached hydrogens (tertiary/aromatic N) is 3. The van der Waals surface area contributed by atoms with Crippen molar-refractivity contribution < 1.29 is 62.4 Å². The van der Waals surface area contributed by atoms with Crippen LogP contribution in [0, 0.1) is 17.8 Å². The fourth-order valence-corrected chi connectivity index (χ4v) is 8.97. The van der Waals surface area contributed by atoms with Crippen LogP contribution >= 0.6 is 12.2 Å². The van der Waals surface area contributed by atoms with Gasteiger partial charge in [0.15, 0.2) is 0 Å². The number of carboxylic acids is 1. The number of ether oxygens (including phenoxy) is 5. The summed E-state index contributed by atoms with van der Waals surface area (Å²) in [5.74, 6) is -4.20. The van der Waals surface area contributed by atoms with Crippen molar-refractivity contribution in [3.05, 3.63) is 48.0 Å². The summed E-state index contributed by atoms with van der Waals surface area (Å²) in [6.45, 7) is 14.5. The lowest BCUT2D eigenvalue weighted by Crippen LogP contribution is -2.62. The Balaban J connectivity index is 1.55. The first-order valence-corrected chi connectivity index (χ1v) is 24.7. The summed E-state index contributed by atoms with van der Waals surface area (Å²) < 4.78 is 28.4. The van der Waals surface area contributed by atoms with Gasteiger partial charge in [-0.1, -0.05) is 83.6 Å². The molecule has 0 bridgehead atoms. The quantitative estimate of drug-likeness (QED) is 0.0462. The van der Waals surface area contributed by atoms with E-state index in [0.717, 1.165) is 16.9 Å². The molecule has 2 aliphatic rings. The van der Waals surface area contributed by atoms with Gasteiger partial charge in [-0.25, -0.2) is 4.79 Å². The molecule has 70 heavy (non-hydrogen) atoms. The number of hydrogen-bond donors (Lipinski definition) is 4. The van der Waals surface area contributed by atoms with Crippen LogP contribution in [0.1, 0.15) is 86.1 Å². The van der Waals surface area contributed by atoms with Crippen LogP contribution < -0.4 is 16.0 Å². The van der Waals surface area contributed by atoms with E-state index >= 15 is 0 Å². The third-order valence-corrected chi connectivity index (χ3v) is 13.5. The Kier molecular flexibility index (Phi) is 25.0. The van der Waals surface area contributed by atoms with E-state index in [4.69, 9.17) is 35.9 Å². The number of carbonyl (C=O) groups is 7. The predicted octanol–water partition coefficient (Wildman–Crippen LogP) is 2.92. The zero-order valence-corrected chi connectivity index (χ0v) is 43.5. The van der Waals surface area contributed by atoms with E-state index in [9.17, 15) is 38.7 Å². The van der Waals surface area contributed by atoms with Crippen LogP contribution in [0.5, 0.6) is 0 Å². The molecule has 0 radical (unpaired) electrons. The summed E-state index contributed by atoms with van der Waals surface area (Å²) in [5.41, 5.74) is -0.539. The molecule has 7 unspecified atom stereocenters. The molecule has 0 spiro atoms. The lowest BCUT2D eigenvalue weighted by atomic mass is 9.89. The number of benzene rings is 1. The Hall–Kier alpha value is -4.86. The van der Waals surface area contributed by atoms with Crippen LogP contribution in [-0.2, 0) is 63.7 Å². The smallest absolute Gasteiger partial charge is 0.326 e. The van der Waals surface area contributed by atoms with Crippen molar-refractivity contribution in [1.82, 2.24) is 30.7 Å². The monoisotopic (exact) mass is 1000 g/mol. The van der Waals surface area contributed by atoms with E-state index in [1.54, 1.807) is 37.8 Å². The van der Waals surface area contributed by atoms with Crippen molar-refractivity contribution in [2.75, 3.05) is 74.0 Å². The van der Waals surface area contributed by atoms with E-state index in [1.165, 1.54) is 19.3 Å². The van der Waals surface area contributed by atoms with Gasteiger partial charge >= 0.3 is 5.97 Å². The zero-order valence-electron chi connectivity index (χ0n) is 42.7. The van der Waals surface area contributed by atoms with Gasteiger partial charge < -0.3 is 54.5 Å². The number of methoxy groups -OCH3 is 2. The first kappa shape index (κ1) is 59.4. The number of hydrogen-bond acceptors (Lipinski definition) is 13. The third-order valence-electron chi connectivity index (χ3n) is 13.0. The summed E-state index contributed by atoms with van der Waals surface area (Å²) in [6, 6.07) is 6.45. The predicted molar refractivity (Wildman–Crippen MR) is 265 cm³/mol. The highest BCUT2D eigenvalue weighted by Crippen LogP contribution is 2.30. The van der Waals surface area contributed by atoms with Gasteiger partial charge in [-0.05, 0) is 44.1 Å². The van der Waals surface area contributed by atoms with Gasteiger partial charge in [0.25, 0.3) is 11.8 Å². The number of aliphatic carboxylic acids is 1. The number of imide groups is 1. The van der Waals surface area contributed by atoms with Crippen molar-refractivity contribution in [1.29, 1.82) is 0 Å². The highest BCUT2D eigenvalue weighted by atomic mass is 32.1. The van der Waals surface area contributed by atoms with Crippen LogP contribution in [0.25, 0.3) is 0 Å². The number of rotatable bonds is 32. The number of likely N-dealkylation sites (tertiary alicyclic amines) is 1. The molecule has 3 rings (SSSR count). The number of carbonyl (C=O) groups excluding carboxylic acids is 6. The molecule has 0 saturated carbocycles. The van der Waals surface area contributed by atoms with E-state index in [1.807, 2.05) is 65.0 Å². The lowest BCUT2D eigenvalue weighted by Gasteiger charge is -2.41. The highest BCUT2D eigenvalue weighted by molar-refractivity contribution is 7.80. The fourth-order valence-electron chi connectivity index (χ4n) is 8.70. The van der Waals surface area contributed by atoms with Crippen molar-refractivity contribution in [3.8, 4) is 0 Å². The molecule has 2 aliphatic heterocycles. The molecule has 6 amide bonds. The number of likely N-dealkylation sites (N-methyl/N-ethyl adjacent to an activating group) is 1. The number of carboxylic acid groups (broad SMARTS) is 1. The fraction of sp³-hybridized carbons (Fsp3) is 0.680. The van der Waals surface area contributed by atoms with Crippen molar-refractivity contribution in [3.63, 3.8) is 0 Å². The normalized spacial score (nSPS) is 18.0. The Morgan fingerprint density at radius 1 is 0.886 bits per heavy atom. The Morgan fingerprint density at radius 2 is 1.49 bits per heavy atom. The molecule has 1 aromatic rings. The van der Waals surface area contributed by atoms with Gasteiger partial charge in [0, 0.05) is 58.7 Å². The van der Waals surface area contributed by atoms with Crippen molar-refractivity contribution >= 4 is 58.6 Å². The van der Waals surface area contributed by atoms with Crippen LogP contribution in [0.2, 0.25) is 0 Å². The maximum atomic E-state index is 14.5. The summed E-state index contributed by atoms with van der Waals surface area (Å²) in [7, 11) is 4.73. The molecular weight excluding hydrogens is 925 g/mol. The summed E-state index contributed by atoms with van der Waals surface area (Å²) >= 11 is 5.76. The second kappa shape index (κ2) is 29.5. The lowest BCUT2D eigenvalue weighted by molar-refractivity contribution is -0.147. The number of nitrogens with one attached hydrogen (secondary N) is 3. The largest absolute Gasteiger partial charge is 0.480 e. The maximum Gasteiger partial charge on any atom is 0.326 e. The molecule has 4 N–H and O–H groups in total. The molecule has 0 aromatic heterocycles. The summed E-state index contributed by atoms with van der Waals surface area (Å²) in [6.07, 6.45) is 3.39. The van der Waals surface area contributed by atoms with Crippen molar-refractivity contribution in [2.24, 2.45) is 17.8 Å². The first-order valence-electron chi connectivity index (χ1n) is 24.3. The topological polar surface area (TPSA) is 232 Å². The molecule has 20 heteroatoms. The minimum Gasteiger partial charge on any atom is -0.480 e. The molecule has 19 nitrogen and oxygen atoms in total. The molecule has 1 aromatic carbocycles. The number of thiocarbonyl (C=S) groups is 1. The second-order valence-electron chi connectivity index (χ2n) is 18.8. The van der Waals surface area contributed by atoms with Crippen LogP contribution in [0.15, 0.2) is 42.5 Å². The van der Waals surface area contributed by atoms with E-state index < -0.39 is 59.6 Å². The molecule has 392 valence electrons. The number of amides is 6. The highest BCUT2D eigenvalue weighted by Gasteiger charge is 2.43. The minimum absolute atomic E-state index is 0.0258. The van der Waals surface area contributed by atoms with Crippen LogP contribution in [-0.4, -0.2) is 182 Å². The average molecular weight is 1000 g/mol. The molecule has 0 aliphatic carbocycles. The minimum atomic E-state index is -1.39. The van der Waals surface area contributed by atoms with E-state index in [2.05, 4.69) is 16.0 Å². The Labute approximate surface area is 419 Å². The average Bonchev–Trinajstić information content (AvgIpc) is 3.94. The van der Waals surface area contributed by atoms with Crippen molar-refractivity contribution in [2.45, 2.75) is 129 Å². The van der Waals surface area contributed by atoms with Gasteiger partial charge in [0.2, 0.25) is 23.6 Å². The molecule has 8 atom stereocenters. The third kappa shape index (κ3) is 17.8. The van der Waals surface area contributed by atoms with E-state index in [0.29, 0.717) is 24.4 Å². The van der Waals surface area contributed by atoms with Gasteiger partial charge in [-0.3, -0.25) is 33.7 Å². The second-order valence-corrected chi connectivity index (χ2v) is 19.2. The summed E-state index contributed by atoms with van der Waals surface area (Å²) in [5, 5.41) is 18.7. The SMILES string of the molecule is CCC(C)C(C(CC(=O)N1CCC[C@H]1C(OC)C(C)C(=S)NC(Cc1ccccc1)C(=O)O)OC)N(C)C(=O)C(NC(=O)C(C)(C)NC(=O)CCOCCOCCOCCN1C(=O)C=CC1=O)C(C)C. The molecular formula is C50H78N6O13S. The Bertz CT molecular complexity index is 1920. The maximum absolute atomic E-state index is 14.5. The standard InChI is InChI=1S/C50H78N6O13S/c1-11-33(4)44(38(65-9)31-42(60)55-22-15-18-37(55)45(66-10)34(5)46(70)51-36(48(62)63)30-35-16-13-12-14-17-35)54(8)47(61)43(32(2)3)52-49(64)50(6,7)53-39(57)21-24-67-26-28-69-29-27-68-25-23-56-40(58)19-20-41(56)59/h12-14,16-17,19-20,32-34,36-38,43-45H,11,15,18,21-31H2,1-10H3,(H,51,70)(H,52,64)(H,53,57)(H,62,63)/t33?,34?,36?,37-,38?,43?,44?,45?/m0/s1. The van der Waals surface area contributed by atoms with Gasteiger partial charge in [0.05, 0.1) is 81.9 Å².